The van der Waals surface area contributed by atoms with Crippen molar-refractivity contribution in [2.24, 2.45) is 17.6 Å². The minimum absolute atomic E-state index is 0.354. The van der Waals surface area contributed by atoms with E-state index in [0.29, 0.717) is 17.7 Å². The molecule has 2 aliphatic rings. The minimum Gasteiger partial charge on any atom is -0.494 e. The Hall–Kier alpha value is -1.36. The molecule has 0 aromatic carbocycles. The van der Waals surface area contributed by atoms with E-state index < -0.39 is 0 Å². The maximum atomic E-state index is 6.22. The molecule has 18 heavy (non-hydrogen) atoms. The van der Waals surface area contributed by atoms with Gasteiger partial charge in [0.25, 0.3) is 0 Å². The molecule has 5 heteroatoms. The van der Waals surface area contributed by atoms with E-state index in [4.69, 9.17) is 10.5 Å². The van der Waals surface area contributed by atoms with Crippen molar-refractivity contribution in [3.63, 3.8) is 0 Å². The lowest BCUT2D eigenvalue weighted by atomic mass is 9.78. The lowest BCUT2D eigenvalue weighted by Crippen LogP contribution is -2.38. The molecule has 1 aromatic rings. The van der Waals surface area contributed by atoms with E-state index in [9.17, 15) is 0 Å². The number of fused-ring (bicyclic) bond motifs is 1. The van der Waals surface area contributed by atoms with E-state index >= 15 is 0 Å². The number of nitrogens with zero attached hydrogens (tertiary/aromatic N) is 3. The number of methoxy groups -OCH3 is 1. The summed E-state index contributed by atoms with van der Waals surface area (Å²) in [5.74, 6) is 2.84. The first kappa shape index (κ1) is 11.7. The molecule has 1 aromatic heterocycles. The van der Waals surface area contributed by atoms with Gasteiger partial charge in [0.05, 0.1) is 19.5 Å². The quantitative estimate of drug-likeness (QED) is 0.847. The molecule has 5 nitrogen and oxygen atoms in total. The molecule has 0 amide bonds. The standard InChI is InChI=1S/C13H20N4O/c1-18-10-5-15-13(16-6-10)17-7-9-3-2-4-12(14)11(9)8-17/h5-6,9,11-12H,2-4,7-8,14H2,1H3. The molecule has 0 bridgehead atoms. The van der Waals surface area contributed by atoms with Crippen LogP contribution in [0, 0.1) is 11.8 Å². The van der Waals surface area contributed by atoms with Crippen molar-refractivity contribution in [1.82, 2.24) is 9.97 Å². The van der Waals surface area contributed by atoms with Crippen LogP contribution in [0.15, 0.2) is 12.4 Å². The SMILES string of the molecule is COc1cnc(N2CC3CCCC(N)C3C2)nc1. The van der Waals surface area contributed by atoms with Crippen molar-refractivity contribution in [2.45, 2.75) is 25.3 Å². The van der Waals surface area contributed by atoms with E-state index in [-0.39, 0.29) is 0 Å². The Bertz CT molecular complexity index is 408. The summed E-state index contributed by atoms with van der Waals surface area (Å²) < 4.78 is 5.08. The van der Waals surface area contributed by atoms with E-state index in [2.05, 4.69) is 14.9 Å². The summed E-state index contributed by atoms with van der Waals surface area (Å²) in [5.41, 5.74) is 6.22. The van der Waals surface area contributed by atoms with Crippen LogP contribution in [-0.4, -0.2) is 36.2 Å². The molecule has 3 rings (SSSR count). The Morgan fingerprint density at radius 1 is 1.28 bits per heavy atom. The first-order valence-corrected chi connectivity index (χ1v) is 6.64. The van der Waals surface area contributed by atoms with Crippen LogP contribution in [0.1, 0.15) is 19.3 Å². The molecule has 1 aliphatic carbocycles. The second-order valence-corrected chi connectivity index (χ2v) is 5.35. The topological polar surface area (TPSA) is 64.3 Å². The number of hydrogen-bond acceptors (Lipinski definition) is 5. The van der Waals surface area contributed by atoms with Crippen molar-refractivity contribution in [3.8, 4) is 5.75 Å². The zero-order valence-electron chi connectivity index (χ0n) is 10.7. The van der Waals surface area contributed by atoms with E-state index in [1.807, 2.05) is 0 Å². The number of rotatable bonds is 2. The number of ether oxygens (including phenoxy) is 1. The number of anilines is 1. The summed E-state index contributed by atoms with van der Waals surface area (Å²) in [6.07, 6.45) is 7.18. The molecule has 1 saturated heterocycles. The Labute approximate surface area is 107 Å². The Morgan fingerprint density at radius 3 is 2.72 bits per heavy atom. The number of aromatic nitrogens is 2. The van der Waals surface area contributed by atoms with Gasteiger partial charge in [-0.1, -0.05) is 6.42 Å². The summed E-state index contributed by atoms with van der Waals surface area (Å²) in [6, 6.07) is 0.354. The molecule has 1 aliphatic heterocycles. The molecule has 0 spiro atoms. The third-order valence-electron chi connectivity index (χ3n) is 4.29. The summed E-state index contributed by atoms with van der Waals surface area (Å²) in [6.45, 7) is 2.04. The lowest BCUT2D eigenvalue weighted by molar-refractivity contribution is 0.260. The second kappa shape index (κ2) is 4.72. The maximum Gasteiger partial charge on any atom is 0.225 e. The van der Waals surface area contributed by atoms with Crippen LogP contribution in [0.4, 0.5) is 5.95 Å². The van der Waals surface area contributed by atoms with E-state index in [1.165, 1.54) is 19.3 Å². The number of nitrogens with two attached hydrogens (primary N) is 1. The maximum absolute atomic E-state index is 6.22. The highest BCUT2D eigenvalue weighted by Gasteiger charge is 2.39. The Balaban J connectivity index is 1.74. The summed E-state index contributed by atoms with van der Waals surface area (Å²) in [5, 5.41) is 0. The highest BCUT2D eigenvalue weighted by Crippen LogP contribution is 2.36. The van der Waals surface area contributed by atoms with Gasteiger partial charge in [-0.2, -0.15) is 0 Å². The molecule has 0 radical (unpaired) electrons. The van der Waals surface area contributed by atoms with Gasteiger partial charge in [-0.15, -0.1) is 0 Å². The average Bonchev–Trinajstić information content (AvgIpc) is 2.84. The van der Waals surface area contributed by atoms with Crippen molar-refractivity contribution in [1.29, 1.82) is 0 Å². The fourth-order valence-electron chi connectivity index (χ4n) is 3.26. The Morgan fingerprint density at radius 2 is 2.06 bits per heavy atom. The van der Waals surface area contributed by atoms with Gasteiger partial charge in [-0.3, -0.25) is 0 Å². The zero-order chi connectivity index (χ0) is 12.5. The minimum atomic E-state index is 0.354. The van der Waals surface area contributed by atoms with Gasteiger partial charge in [-0.05, 0) is 24.7 Å². The van der Waals surface area contributed by atoms with Crippen LogP contribution in [0.3, 0.4) is 0 Å². The molecular weight excluding hydrogens is 228 g/mol. The molecule has 2 fully saturated rings. The van der Waals surface area contributed by atoms with Crippen molar-refractivity contribution >= 4 is 5.95 Å². The summed E-state index contributed by atoms with van der Waals surface area (Å²) in [7, 11) is 1.63. The molecule has 1 saturated carbocycles. The van der Waals surface area contributed by atoms with Gasteiger partial charge in [0.15, 0.2) is 5.75 Å². The highest BCUT2D eigenvalue weighted by molar-refractivity contribution is 5.34. The Kier molecular flexibility index (Phi) is 3.07. The second-order valence-electron chi connectivity index (χ2n) is 5.35. The van der Waals surface area contributed by atoms with Crippen LogP contribution >= 0.6 is 0 Å². The molecule has 98 valence electrons. The third-order valence-corrected chi connectivity index (χ3v) is 4.29. The van der Waals surface area contributed by atoms with E-state index in [1.54, 1.807) is 19.5 Å². The number of hydrogen-bond donors (Lipinski definition) is 1. The van der Waals surface area contributed by atoms with Gasteiger partial charge in [0.2, 0.25) is 5.95 Å². The first-order valence-electron chi connectivity index (χ1n) is 6.64. The average molecular weight is 248 g/mol. The van der Waals surface area contributed by atoms with Crippen molar-refractivity contribution < 1.29 is 4.74 Å². The summed E-state index contributed by atoms with van der Waals surface area (Å²) >= 11 is 0. The normalized spacial score (nSPS) is 31.2. The lowest BCUT2D eigenvalue weighted by Gasteiger charge is -2.29. The van der Waals surface area contributed by atoms with Crippen LogP contribution in [0.25, 0.3) is 0 Å². The highest BCUT2D eigenvalue weighted by atomic mass is 16.5. The van der Waals surface area contributed by atoms with Gasteiger partial charge >= 0.3 is 0 Å². The first-order chi connectivity index (χ1) is 8.78. The van der Waals surface area contributed by atoms with Crippen molar-refractivity contribution in [3.05, 3.63) is 12.4 Å². The van der Waals surface area contributed by atoms with Gasteiger partial charge in [-0.25, -0.2) is 9.97 Å². The fourth-order valence-corrected chi connectivity index (χ4v) is 3.26. The molecular formula is C13H20N4O. The third kappa shape index (κ3) is 2.03. The van der Waals surface area contributed by atoms with Crippen LogP contribution in [0.5, 0.6) is 5.75 Å². The molecule has 2 heterocycles. The predicted molar refractivity (Wildman–Crippen MR) is 69.6 cm³/mol. The largest absolute Gasteiger partial charge is 0.494 e. The zero-order valence-corrected chi connectivity index (χ0v) is 10.7. The predicted octanol–water partition coefficient (Wildman–Crippen LogP) is 1.05. The summed E-state index contributed by atoms with van der Waals surface area (Å²) in [4.78, 5) is 11.0. The molecule has 2 N–H and O–H groups in total. The van der Waals surface area contributed by atoms with Gasteiger partial charge < -0.3 is 15.4 Å². The van der Waals surface area contributed by atoms with Crippen LogP contribution in [0.2, 0.25) is 0 Å². The van der Waals surface area contributed by atoms with E-state index in [0.717, 1.165) is 25.0 Å². The monoisotopic (exact) mass is 248 g/mol. The van der Waals surface area contributed by atoms with Gasteiger partial charge in [0, 0.05) is 19.1 Å². The molecule has 3 atom stereocenters. The fraction of sp³-hybridized carbons (Fsp3) is 0.692. The van der Waals surface area contributed by atoms with Crippen molar-refractivity contribution in [2.75, 3.05) is 25.1 Å². The van der Waals surface area contributed by atoms with Gasteiger partial charge in [0.1, 0.15) is 0 Å². The smallest absolute Gasteiger partial charge is 0.225 e. The van der Waals surface area contributed by atoms with Crippen LogP contribution < -0.4 is 15.4 Å². The molecule has 3 unspecified atom stereocenters. The van der Waals surface area contributed by atoms with Crippen LogP contribution in [-0.2, 0) is 0 Å².